The summed E-state index contributed by atoms with van der Waals surface area (Å²) in [7, 11) is 0. The predicted molar refractivity (Wildman–Crippen MR) is 111 cm³/mol. The van der Waals surface area contributed by atoms with E-state index in [-0.39, 0.29) is 41.3 Å². The second-order valence-electron chi connectivity index (χ2n) is 6.72. The molecule has 31 heavy (non-hydrogen) atoms. The van der Waals surface area contributed by atoms with Crippen LogP contribution < -0.4 is 10.3 Å². The number of esters is 1. The highest BCUT2D eigenvalue weighted by Gasteiger charge is 2.26. The van der Waals surface area contributed by atoms with Gasteiger partial charge in [-0.15, -0.1) is 0 Å². The number of aryl methyl sites for hydroxylation is 1. The Morgan fingerprint density at radius 3 is 2.68 bits per heavy atom. The van der Waals surface area contributed by atoms with Crippen LogP contribution in [0.25, 0.3) is 22.4 Å². The van der Waals surface area contributed by atoms with Gasteiger partial charge in [0.25, 0.3) is 0 Å². The van der Waals surface area contributed by atoms with Crippen LogP contribution in [-0.4, -0.2) is 22.3 Å². The van der Waals surface area contributed by atoms with E-state index in [2.05, 4.69) is 4.98 Å². The van der Waals surface area contributed by atoms with Gasteiger partial charge in [-0.3, -0.25) is 4.79 Å². The van der Waals surface area contributed by atoms with Gasteiger partial charge in [0.15, 0.2) is 11.5 Å². The topological polar surface area (TPSA) is 83.6 Å². The van der Waals surface area contributed by atoms with Crippen LogP contribution in [0.2, 0.25) is 0 Å². The molecule has 0 saturated carbocycles. The number of carbonyl (C=O) groups excluding carboxylic acids is 1. The van der Waals surface area contributed by atoms with E-state index in [1.54, 1.807) is 56.3 Å². The minimum atomic E-state index is -0.669. The van der Waals surface area contributed by atoms with Gasteiger partial charge in [0.1, 0.15) is 29.8 Å². The molecule has 0 bridgehead atoms. The molecule has 0 N–H and O–H groups in total. The van der Waals surface area contributed by atoms with Gasteiger partial charge in [0.05, 0.1) is 17.7 Å². The Labute approximate surface area is 176 Å². The standard InChI is InChI=1S/C23H19FN2O5/c1-3-29-23(28)20-14(2)25-22(26(20)31-12-15-8-4-6-10-18(15)24)17-13-30-19-11-7-5-9-16(19)21(17)27/h4-11,13H,3,12H2,1-2H3. The first-order valence-corrected chi connectivity index (χ1v) is 9.65. The molecule has 8 heteroatoms. The second kappa shape index (κ2) is 8.43. The molecule has 7 nitrogen and oxygen atoms in total. The van der Waals surface area contributed by atoms with Gasteiger partial charge < -0.3 is 14.0 Å². The SMILES string of the molecule is CCOC(=O)c1c(C)nc(-c2coc3ccccc3c2=O)n1OCc1ccccc1F. The summed E-state index contributed by atoms with van der Waals surface area (Å²) in [5, 5.41) is 0.360. The fourth-order valence-corrected chi connectivity index (χ4v) is 3.22. The van der Waals surface area contributed by atoms with Gasteiger partial charge in [-0.1, -0.05) is 30.3 Å². The van der Waals surface area contributed by atoms with Crippen LogP contribution in [0, 0.1) is 12.7 Å². The number of rotatable bonds is 6. The average Bonchev–Trinajstić information content (AvgIpc) is 3.09. The van der Waals surface area contributed by atoms with Gasteiger partial charge in [-0.05, 0) is 32.0 Å². The van der Waals surface area contributed by atoms with Crippen molar-refractivity contribution < 1.29 is 23.2 Å². The van der Waals surface area contributed by atoms with Gasteiger partial charge in [-0.2, -0.15) is 4.73 Å². The lowest BCUT2D eigenvalue weighted by atomic mass is 10.1. The molecule has 2 heterocycles. The number of fused-ring (bicyclic) bond motifs is 1. The summed E-state index contributed by atoms with van der Waals surface area (Å²) in [5.41, 5.74) is 0.781. The molecule has 0 atom stereocenters. The molecule has 0 aliphatic rings. The minimum Gasteiger partial charge on any atom is -0.463 e. The number of halogens is 1. The smallest absolute Gasteiger partial charge is 0.360 e. The molecule has 158 valence electrons. The van der Waals surface area contributed by atoms with E-state index in [0.717, 1.165) is 4.73 Å². The number of hydrogen-bond acceptors (Lipinski definition) is 6. The fraction of sp³-hybridized carbons (Fsp3) is 0.174. The first-order valence-electron chi connectivity index (χ1n) is 9.65. The van der Waals surface area contributed by atoms with E-state index in [4.69, 9.17) is 14.0 Å². The number of hydrogen-bond donors (Lipinski definition) is 0. The van der Waals surface area contributed by atoms with Crippen molar-refractivity contribution in [3.8, 4) is 11.4 Å². The molecule has 0 aliphatic carbocycles. The third kappa shape index (κ3) is 3.79. The normalized spacial score (nSPS) is 10.9. The van der Waals surface area contributed by atoms with Crippen molar-refractivity contribution in [1.82, 2.24) is 9.71 Å². The summed E-state index contributed by atoms with van der Waals surface area (Å²) in [5.74, 6) is -1.06. The molecule has 2 aromatic heterocycles. The van der Waals surface area contributed by atoms with Crippen LogP contribution in [0.3, 0.4) is 0 Å². The number of ether oxygens (including phenoxy) is 1. The first kappa shape index (κ1) is 20.3. The van der Waals surface area contributed by atoms with Crippen LogP contribution in [-0.2, 0) is 11.3 Å². The van der Waals surface area contributed by atoms with Crippen LogP contribution in [0.4, 0.5) is 4.39 Å². The number of nitrogens with zero attached hydrogens (tertiary/aromatic N) is 2. The fourth-order valence-electron chi connectivity index (χ4n) is 3.22. The summed E-state index contributed by atoms with van der Waals surface area (Å²) in [4.78, 5) is 35.8. The van der Waals surface area contributed by atoms with Gasteiger partial charge in [0, 0.05) is 5.56 Å². The van der Waals surface area contributed by atoms with Crippen molar-refractivity contribution in [2.45, 2.75) is 20.5 Å². The van der Waals surface area contributed by atoms with Crippen molar-refractivity contribution in [2.75, 3.05) is 6.61 Å². The number of benzene rings is 2. The van der Waals surface area contributed by atoms with Crippen LogP contribution in [0.1, 0.15) is 28.7 Å². The summed E-state index contributed by atoms with van der Waals surface area (Å²) in [6, 6.07) is 12.9. The largest absolute Gasteiger partial charge is 0.463 e. The van der Waals surface area contributed by atoms with E-state index in [0.29, 0.717) is 16.7 Å². The molecule has 0 fully saturated rings. The van der Waals surface area contributed by atoms with Gasteiger partial charge in [-0.25, -0.2) is 14.2 Å². The Kier molecular flexibility index (Phi) is 5.53. The Balaban J connectivity index is 1.85. The van der Waals surface area contributed by atoms with Crippen molar-refractivity contribution >= 4 is 16.9 Å². The number of aromatic nitrogens is 2. The third-order valence-corrected chi connectivity index (χ3v) is 4.71. The van der Waals surface area contributed by atoms with Crippen molar-refractivity contribution in [1.29, 1.82) is 0 Å². The molecule has 0 amide bonds. The van der Waals surface area contributed by atoms with Crippen molar-refractivity contribution in [2.24, 2.45) is 0 Å². The highest BCUT2D eigenvalue weighted by Crippen LogP contribution is 2.23. The molecular formula is C23H19FN2O5. The third-order valence-electron chi connectivity index (χ3n) is 4.71. The summed E-state index contributed by atoms with van der Waals surface area (Å²) >= 11 is 0. The molecule has 0 radical (unpaired) electrons. The van der Waals surface area contributed by atoms with E-state index in [1.165, 1.54) is 12.3 Å². The predicted octanol–water partition coefficient (Wildman–Crippen LogP) is 3.91. The average molecular weight is 422 g/mol. The van der Waals surface area contributed by atoms with E-state index in [9.17, 15) is 14.0 Å². The highest BCUT2D eigenvalue weighted by molar-refractivity contribution is 5.90. The molecule has 2 aromatic carbocycles. The summed E-state index contributed by atoms with van der Waals surface area (Å²) in [6.07, 6.45) is 1.27. The Morgan fingerprint density at radius 1 is 1.16 bits per heavy atom. The van der Waals surface area contributed by atoms with Crippen LogP contribution in [0.15, 0.2) is 64.0 Å². The zero-order chi connectivity index (χ0) is 22.0. The minimum absolute atomic E-state index is 0.0146. The molecule has 0 spiro atoms. The lowest BCUT2D eigenvalue weighted by Crippen LogP contribution is -2.22. The number of carbonyl (C=O) groups is 1. The zero-order valence-electron chi connectivity index (χ0n) is 16.9. The van der Waals surface area contributed by atoms with Gasteiger partial charge in [0.2, 0.25) is 5.43 Å². The lowest BCUT2D eigenvalue weighted by Gasteiger charge is -2.13. The summed E-state index contributed by atoms with van der Waals surface area (Å²) < 4.78 is 25.9. The lowest BCUT2D eigenvalue weighted by molar-refractivity contribution is 0.0424. The first-order chi connectivity index (χ1) is 15.0. The highest BCUT2D eigenvalue weighted by atomic mass is 19.1. The number of imidazole rings is 1. The maximum atomic E-state index is 14.1. The maximum absolute atomic E-state index is 14.1. The van der Waals surface area contributed by atoms with Gasteiger partial charge >= 0.3 is 5.97 Å². The molecule has 0 aliphatic heterocycles. The quantitative estimate of drug-likeness (QED) is 0.438. The van der Waals surface area contributed by atoms with E-state index < -0.39 is 11.8 Å². The Hall–Kier alpha value is -3.94. The monoisotopic (exact) mass is 422 g/mol. The van der Waals surface area contributed by atoms with E-state index >= 15 is 0 Å². The number of para-hydroxylation sites is 1. The Morgan fingerprint density at radius 2 is 1.90 bits per heavy atom. The molecule has 0 saturated heterocycles. The Bertz CT molecular complexity index is 1330. The van der Waals surface area contributed by atoms with Crippen LogP contribution >= 0.6 is 0 Å². The van der Waals surface area contributed by atoms with E-state index in [1.807, 2.05) is 0 Å². The summed E-state index contributed by atoms with van der Waals surface area (Å²) in [6.45, 7) is 3.22. The van der Waals surface area contributed by atoms with Crippen molar-refractivity contribution in [3.05, 3.63) is 87.8 Å². The van der Waals surface area contributed by atoms with Crippen molar-refractivity contribution in [3.63, 3.8) is 0 Å². The molecule has 4 aromatic rings. The zero-order valence-corrected chi connectivity index (χ0v) is 16.9. The molecule has 0 unspecified atom stereocenters. The maximum Gasteiger partial charge on any atom is 0.360 e. The second-order valence-corrected chi connectivity index (χ2v) is 6.72. The van der Waals surface area contributed by atoms with Crippen LogP contribution in [0.5, 0.6) is 0 Å². The molecule has 4 rings (SSSR count). The molecular weight excluding hydrogens is 403 g/mol.